The van der Waals surface area contributed by atoms with Gasteiger partial charge in [-0.3, -0.25) is 14.6 Å². The minimum atomic E-state index is -0.614. The third-order valence-corrected chi connectivity index (χ3v) is 5.43. The zero-order chi connectivity index (χ0) is 18.7. The number of fused-ring (bicyclic) bond motifs is 1. The predicted octanol–water partition coefficient (Wildman–Crippen LogP) is 2.16. The fourth-order valence-corrected chi connectivity index (χ4v) is 4.40. The molecule has 0 saturated heterocycles. The van der Waals surface area contributed by atoms with Crippen molar-refractivity contribution in [3.63, 3.8) is 0 Å². The highest BCUT2D eigenvalue weighted by Crippen LogP contribution is 2.39. The van der Waals surface area contributed by atoms with Crippen LogP contribution in [0.3, 0.4) is 0 Å². The number of primary amides is 1. The molecule has 3 rings (SSSR count). The molecule has 1 aliphatic rings. The Balaban J connectivity index is 1.68. The van der Waals surface area contributed by atoms with E-state index in [2.05, 4.69) is 17.2 Å². The number of carbonyl (C=O) groups is 3. The number of esters is 1. The van der Waals surface area contributed by atoms with Gasteiger partial charge in [0.05, 0.1) is 11.1 Å². The van der Waals surface area contributed by atoms with Crippen LogP contribution in [0.1, 0.15) is 44.5 Å². The fraction of sp³-hybridized carbons (Fsp3) is 0.333. The Morgan fingerprint density at radius 2 is 2.08 bits per heavy atom. The van der Waals surface area contributed by atoms with Gasteiger partial charge in [0.25, 0.3) is 11.8 Å². The van der Waals surface area contributed by atoms with Crippen molar-refractivity contribution in [1.29, 1.82) is 0 Å². The molecular formula is C18H19N3O4S. The monoisotopic (exact) mass is 373 g/mol. The minimum absolute atomic E-state index is 0.311. The topological polar surface area (TPSA) is 111 Å². The van der Waals surface area contributed by atoms with Crippen molar-refractivity contribution < 1.29 is 19.1 Å². The van der Waals surface area contributed by atoms with Gasteiger partial charge in [-0.2, -0.15) is 0 Å². The first-order valence-corrected chi connectivity index (χ1v) is 9.08. The number of nitrogens with one attached hydrogen (secondary N) is 1. The molecule has 1 atom stereocenters. The van der Waals surface area contributed by atoms with E-state index in [-0.39, 0.29) is 0 Å². The molecule has 0 fully saturated rings. The number of nitrogens with zero attached hydrogens (tertiary/aromatic N) is 1. The molecule has 0 radical (unpaired) electrons. The number of anilines is 1. The second kappa shape index (κ2) is 7.65. The predicted molar refractivity (Wildman–Crippen MR) is 97.2 cm³/mol. The summed E-state index contributed by atoms with van der Waals surface area (Å²) in [5, 5.41) is 3.09. The number of carbonyl (C=O) groups excluding carboxylic acids is 3. The largest absolute Gasteiger partial charge is 0.452 e. The van der Waals surface area contributed by atoms with Gasteiger partial charge in [-0.15, -0.1) is 11.3 Å². The summed E-state index contributed by atoms with van der Waals surface area (Å²) in [7, 11) is 0. The average Bonchev–Trinajstić information content (AvgIpc) is 2.97. The summed E-state index contributed by atoms with van der Waals surface area (Å²) in [4.78, 5) is 40.8. The van der Waals surface area contributed by atoms with Crippen molar-refractivity contribution in [2.45, 2.75) is 26.2 Å². The second-order valence-electron chi connectivity index (χ2n) is 6.28. The Morgan fingerprint density at radius 3 is 2.77 bits per heavy atom. The molecule has 7 nitrogen and oxygen atoms in total. The minimum Gasteiger partial charge on any atom is -0.452 e. The van der Waals surface area contributed by atoms with Crippen molar-refractivity contribution in [3.05, 3.63) is 46.1 Å². The van der Waals surface area contributed by atoms with Gasteiger partial charge in [0.2, 0.25) is 0 Å². The SMILES string of the molecule is C[C@H]1CCc2c(sc(NC(=O)COC(=O)c3ccncc3)c2C(N)=O)C1. The van der Waals surface area contributed by atoms with Gasteiger partial charge in [-0.1, -0.05) is 6.92 Å². The summed E-state index contributed by atoms with van der Waals surface area (Å²) >= 11 is 1.37. The average molecular weight is 373 g/mol. The Hall–Kier alpha value is -2.74. The van der Waals surface area contributed by atoms with Crippen LogP contribution in [0.5, 0.6) is 0 Å². The summed E-state index contributed by atoms with van der Waals surface area (Å²) in [5.41, 5.74) is 7.14. The Morgan fingerprint density at radius 1 is 1.35 bits per heavy atom. The second-order valence-corrected chi connectivity index (χ2v) is 7.39. The molecule has 2 aromatic rings. The van der Waals surface area contributed by atoms with Crippen molar-refractivity contribution in [3.8, 4) is 0 Å². The number of amides is 2. The van der Waals surface area contributed by atoms with E-state index >= 15 is 0 Å². The first-order valence-electron chi connectivity index (χ1n) is 8.27. The lowest BCUT2D eigenvalue weighted by Crippen LogP contribution is -2.23. The van der Waals surface area contributed by atoms with Crippen molar-refractivity contribution in [2.75, 3.05) is 11.9 Å². The van der Waals surface area contributed by atoms with Crippen LogP contribution in [0.2, 0.25) is 0 Å². The molecule has 8 heteroatoms. The maximum atomic E-state index is 12.2. The zero-order valence-corrected chi connectivity index (χ0v) is 15.1. The highest BCUT2D eigenvalue weighted by atomic mass is 32.1. The number of ether oxygens (including phenoxy) is 1. The van der Waals surface area contributed by atoms with Gasteiger partial charge in [-0.05, 0) is 42.9 Å². The van der Waals surface area contributed by atoms with Gasteiger partial charge in [-0.25, -0.2) is 4.79 Å². The molecule has 0 saturated carbocycles. The summed E-state index contributed by atoms with van der Waals surface area (Å²) < 4.78 is 4.99. The van der Waals surface area contributed by atoms with Gasteiger partial charge in [0.1, 0.15) is 5.00 Å². The molecule has 136 valence electrons. The smallest absolute Gasteiger partial charge is 0.338 e. The van der Waals surface area contributed by atoms with Crippen LogP contribution < -0.4 is 11.1 Å². The summed E-state index contributed by atoms with van der Waals surface area (Å²) in [6.45, 7) is 1.71. The number of nitrogens with two attached hydrogens (primary N) is 1. The summed E-state index contributed by atoms with van der Waals surface area (Å²) in [5.74, 6) is -1.15. The molecule has 26 heavy (non-hydrogen) atoms. The van der Waals surface area contributed by atoms with E-state index in [1.807, 2.05) is 0 Å². The number of pyridine rings is 1. The lowest BCUT2D eigenvalue weighted by atomic mass is 9.88. The standard InChI is InChI=1S/C18H19N3O4S/c1-10-2-3-12-13(8-10)26-17(15(12)16(19)23)21-14(22)9-25-18(24)11-4-6-20-7-5-11/h4-7,10H,2-3,8-9H2,1H3,(H2,19,23)(H,21,22)/t10-/m0/s1. The molecule has 0 aliphatic heterocycles. The lowest BCUT2D eigenvalue weighted by molar-refractivity contribution is -0.119. The van der Waals surface area contributed by atoms with Crippen molar-refractivity contribution in [1.82, 2.24) is 4.98 Å². The van der Waals surface area contributed by atoms with E-state index in [4.69, 9.17) is 10.5 Å². The fourth-order valence-electron chi connectivity index (χ4n) is 2.96. The highest BCUT2D eigenvalue weighted by molar-refractivity contribution is 7.17. The molecule has 2 amide bonds. The van der Waals surface area contributed by atoms with Crippen molar-refractivity contribution >= 4 is 34.1 Å². The molecule has 2 aromatic heterocycles. The van der Waals surface area contributed by atoms with E-state index in [1.165, 1.54) is 35.9 Å². The van der Waals surface area contributed by atoms with Crippen LogP contribution in [0, 0.1) is 5.92 Å². The Labute approximate surface area is 154 Å². The Kier molecular flexibility index (Phi) is 5.32. The van der Waals surface area contributed by atoms with Crippen LogP contribution in [-0.4, -0.2) is 29.4 Å². The van der Waals surface area contributed by atoms with Gasteiger partial charge >= 0.3 is 5.97 Å². The van der Waals surface area contributed by atoms with E-state index in [9.17, 15) is 14.4 Å². The van der Waals surface area contributed by atoms with Crippen LogP contribution in [-0.2, 0) is 22.4 Å². The van der Waals surface area contributed by atoms with Gasteiger partial charge < -0.3 is 15.8 Å². The molecule has 3 N–H and O–H groups in total. The number of thiophene rings is 1. The third-order valence-electron chi connectivity index (χ3n) is 4.26. The highest BCUT2D eigenvalue weighted by Gasteiger charge is 2.27. The lowest BCUT2D eigenvalue weighted by Gasteiger charge is -2.18. The van der Waals surface area contributed by atoms with Gasteiger partial charge in [0.15, 0.2) is 6.61 Å². The molecular weight excluding hydrogens is 354 g/mol. The quantitative estimate of drug-likeness (QED) is 0.780. The van der Waals surface area contributed by atoms with Crippen LogP contribution in [0.4, 0.5) is 5.00 Å². The van der Waals surface area contributed by atoms with E-state index in [0.29, 0.717) is 22.0 Å². The molecule has 0 bridgehead atoms. The number of aromatic nitrogens is 1. The summed E-state index contributed by atoms with van der Waals surface area (Å²) in [6, 6.07) is 3.00. The Bertz CT molecular complexity index is 848. The molecule has 0 unspecified atom stereocenters. The zero-order valence-electron chi connectivity index (χ0n) is 14.3. The van der Waals surface area contributed by atoms with Crippen LogP contribution >= 0.6 is 11.3 Å². The van der Waals surface area contributed by atoms with E-state index in [0.717, 1.165) is 29.7 Å². The molecule has 2 heterocycles. The van der Waals surface area contributed by atoms with E-state index < -0.39 is 24.4 Å². The normalized spacial score (nSPS) is 15.8. The maximum absolute atomic E-state index is 12.2. The first kappa shape index (κ1) is 18.1. The molecule has 0 aromatic carbocycles. The third kappa shape index (κ3) is 3.91. The van der Waals surface area contributed by atoms with E-state index in [1.54, 1.807) is 0 Å². The van der Waals surface area contributed by atoms with Crippen LogP contribution in [0.15, 0.2) is 24.5 Å². The first-order chi connectivity index (χ1) is 12.5. The number of rotatable bonds is 5. The van der Waals surface area contributed by atoms with Crippen molar-refractivity contribution in [2.24, 2.45) is 11.7 Å². The molecule has 0 spiro atoms. The van der Waals surface area contributed by atoms with Gasteiger partial charge in [0, 0.05) is 17.3 Å². The maximum Gasteiger partial charge on any atom is 0.338 e. The number of hydrogen-bond acceptors (Lipinski definition) is 6. The number of hydrogen-bond donors (Lipinski definition) is 2. The summed E-state index contributed by atoms with van der Waals surface area (Å²) in [6.07, 6.45) is 5.56. The van der Waals surface area contributed by atoms with Crippen LogP contribution in [0.25, 0.3) is 0 Å². The molecule has 1 aliphatic carbocycles.